The van der Waals surface area contributed by atoms with Crippen LogP contribution >= 0.6 is 11.8 Å². The van der Waals surface area contributed by atoms with Crippen molar-refractivity contribution in [1.29, 1.82) is 0 Å². The van der Waals surface area contributed by atoms with Crippen LogP contribution < -0.4 is 37.5 Å². The Bertz CT molecular complexity index is 1340. The fraction of sp³-hybridized carbons (Fsp3) is 0.414. The first-order valence-electron chi connectivity index (χ1n) is 13.9. The molecule has 0 aliphatic rings. The average molecular weight is 646 g/mol. The molecule has 0 aliphatic heterocycles. The van der Waals surface area contributed by atoms with E-state index in [9.17, 15) is 34.1 Å². The van der Waals surface area contributed by atoms with Crippen molar-refractivity contribution in [1.82, 2.24) is 21.3 Å². The summed E-state index contributed by atoms with van der Waals surface area (Å²) >= 11 is 1.46. The number of nitrogens with one attached hydrogen (secondary N) is 4. The number of amides is 5. The molecular weight excluding hydrogens is 606 g/mol. The lowest BCUT2D eigenvalue weighted by atomic mass is 10.0. The molecule has 15 nitrogen and oxygen atoms in total. The van der Waals surface area contributed by atoms with E-state index in [1.807, 2.05) is 6.26 Å². The van der Waals surface area contributed by atoms with Gasteiger partial charge in [-0.15, -0.1) is 0 Å². The molecule has 0 saturated carbocycles. The molecule has 0 aromatic heterocycles. The lowest BCUT2D eigenvalue weighted by molar-refractivity contribution is -0.384. The predicted molar refractivity (Wildman–Crippen MR) is 168 cm³/mol. The molecule has 0 bridgehead atoms. The Morgan fingerprint density at radius 1 is 0.889 bits per heavy atom. The van der Waals surface area contributed by atoms with E-state index in [1.165, 1.54) is 50.1 Å². The number of benzene rings is 2. The summed E-state index contributed by atoms with van der Waals surface area (Å²) in [6, 6.07) is 8.26. The maximum Gasteiger partial charge on any atom is 0.269 e. The van der Waals surface area contributed by atoms with E-state index < -0.39 is 65.2 Å². The topological polar surface area (TPSA) is 238 Å². The van der Waals surface area contributed by atoms with Crippen molar-refractivity contribution >= 4 is 47.0 Å². The Hall–Kier alpha value is -4.70. The zero-order chi connectivity index (χ0) is 33.5. The molecule has 0 fully saturated rings. The highest BCUT2D eigenvalue weighted by molar-refractivity contribution is 7.98. The van der Waals surface area contributed by atoms with Crippen molar-refractivity contribution in [2.45, 2.75) is 50.4 Å². The molecule has 0 spiro atoms. The number of nitro benzene ring substituents is 1. The lowest BCUT2D eigenvalue weighted by Gasteiger charge is -2.22. The van der Waals surface area contributed by atoms with Gasteiger partial charge in [-0.05, 0) is 55.0 Å². The predicted octanol–water partition coefficient (Wildman–Crippen LogP) is -0.455. The third-order valence-corrected chi connectivity index (χ3v) is 7.28. The minimum atomic E-state index is -1.21. The van der Waals surface area contributed by atoms with Crippen LogP contribution in [0, 0.1) is 10.1 Å². The molecule has 0 radical (unpaired) electrons. The van der Waals surface area contributed by atoms with E-state index in [0.717, 1.165) is 5.56 Å². The van der Waals surface area contributed by atoms with Gasteiger partial charge in [0.05, 0.1) is 24.6 Å². The van der Waals surface area contributed by atoms with E-state index in [1.54, 1.807) is 24.3 Å². The molecule has 0 unspecified atom stereocenters. The number of hydrogen-bond donors (Lipinski definition) is 6. The summed E-state index contributed by atoms with van der Waals surface area (Å²) in [5, 5.41) is 21.0. The van der Waals surface area contributed by atoms with Crippen molar-refractivity contribution < 1.29 is 33.6 Å². The van der Waals surface area contributed by atoms with Crippen molar-refractivity contribution in [2.24, 2.45) is 11.5 Å². The van der Waals surface area contributed by atoms with Crippen LogP contribution in [0.3, 0.4) is 0 Å². The first kappa shape index (κ1) is 36.5. The summed E-state index contributed by atoms with van der Waals surface area (Å²) < 4.78 is 5.11. The van der Waals surface area contributed by atoms with Gasteiger partial charge in [-0.3, -0.25) is 34.1 Å². The standard InChI is InChI=1S/C29H39N7O8S/c1-17(33-28(40)22(30)14-18-6-10-21(44-2)11-7-18)27(39)32-16-25(37)34-24(15-19-4-8-20(9-5-19)36(42)43)29(41)35-23(26(31)38)12-13-45-3/h4-11,17,22-24H,12-16,30H2,1-3H3,(H2,31,38)(H,32,39)(H,33,40)(H,34,37)(H,35,41)/t17-,22-,23-,24-/m0/s1. The number of rotatable bonds is 18. The van der Waals surface area contributed by atoms with Gasteiger partial charge in [0.2, 0.25) is 29.5 Å². The van der Waals surface area contributed by atoms with Crippen LogP contribution in [0.15, 0.2) is 48.5 Å². The number of methoxy groups -OCH3 is 1. The second-order valence-corrected chi connectivity index (χ2v) is 11.1. The van der Waals surface area contributed by atoms with Crippen LogP contribution in [0.5, 0.6) is 5.75 Å². The highest BCUT2D eigenvalue weighted by atomic mass is 32.2. The van der Waals surface area contributed by atoms with Gasteiger partial charge < -0.3 is 37.5 Å². The van der Waals surface area contributed by atoms with Crippen molar-refractivity contribution in [3.05, 3.63) is 69.8 Å². The van der Waals surface area contributed by atoms with Crippen LogP contribution in [-0.2, 0) is 36.8 Å². The SMILES string of the molecule is COc1ccc(C[C@H](N)C(=O)N[C@@H](C)C(=O)NCC(=O)N[C@@H](Cc2ccc([N+](=O)[O-])cc2)C(=O)N[C@@H](CCSC)C(N)=O)cc1. The summed E-state index contributed by atoms with van der Waals surface area (Å²) in [4.78, 5) is 73.4. The summed E-state index contributed by atoms with van der Waals surface area (Å²) in [7, 11) is 1.54. The number of thioether (sulfide) groups is 1. The summed E-state index contributed by atoms with van der Waals surface area (Å²) in [5.74, 6) is -2.22. The number of primary amides is 1. The number of non-ortho nitro benzene ring substituents is 1. The number of nitro groups is 1. The second-order valence-electron chi connectivity index (χ2n) is 10.1. The highest BCUT2D eigenvalue weighted by Crippen LogP contribution is 2.14. The normalized spacial score (nSPS) is 13.3. The van der Waals surface area contributed by atoms with E-state index >= 15 is 0 Å². The number of hydrogen-bond acceptors (Lipinski definition) is 10. The number of nitrogens with zero attached hydrogens (tertiary/aromatic N) is 1. The molecule has 0 aliphatic carbocycles. The van der Waals surface area contributed by atoms with Crippen LogP contribution in [-0.4, -0.2) is 84.3 Å². The van der Waals surface area contributed by atoms with E-state index in [0.29, 0.717) is 17.1 Å². The maximum absolute atomic E-state index is 13.1. The molecule has 2 rings (SSSR count). The minimum absolute atomic E-state index is 0.0733. The van der Waals surface area contributed by atoms with Crippen molar-refractivity contribution in [2.75, 3.05) is 25.7 Å². The van der Waals surface area contributed by atoms with E-state index in [2.05, 4.69) is 21.3 Å². The Kier molecular flexibility index (Phi) is 14.7. The number of carbonyl (C=O) groups excluding carboxylic acids is 5. The third-order valence-electron chi connectivity index (χ3n) is 6.64. The molecule has 16 heteroatoms. The van der Waals surface area contributed by atoms with Gasteiger partial charge in [0, 0.05) is 18.6 Å². The average Bonchev–Trinajstić information content (AvgIpc) is 3.01. The number of ether oxygens (including phenoxy) is 1. The largest absolute Gasteiger partial charge is 0.497 e. The molecule has 5 amide bonds. The van der Waals surface area contributed by atoms with E-state index in [4.69, 9.17) is 16.2 Å². The fourth-order valence-corrected chi connectivity index (χ4v) is 4.52. The van der Waals surface area contributed by atoms with Gasteiger partial charge in [0.1, 0.15) is 23.9 Å². The van der Waals surface area contributed by atoms with Gasteiger partial charge in [-0.25, -0.2) is 0 Å². The zero-order valence-electron chi connectivity index (χ0n) is 25.2. The van der Waals surface area contributed by atoms with Gasteiger partial charge in [-0.2, -0.15) is 11.8 Å². The summed E-state index contributed by atoms with van der Waals surface area (Å²) in [6.45, 7) is 0.890. The zero-order valence-corrected chi connectivity index (χ0v) is 26.1. The number of carbonyl (C=O) groups is 5. The lowest BCUT2D eigenvalue weighted by Crippen LogP contribution is -2.56. The number of nitrogens with two attached hydrogens (primary N) is 2. The Balaban J connectivity index is 1.99. The molecule has 0 saturated heterocycles. The van der Waals surface area contributed by atoms with E-state index in [-0.39, 0.29) is 24.9 Å². The smallest absolute Gasteiger partial charge is 0.269 e. The summed E-state index contributed by atoms with van der Waals surface area (Å²) in [5.41, 5.74) is 12.6. The summed E-state index contributed by atoms with van der Waals surface area (Å²) in [6.07, 6.45) is 2.24. The molecule has 8 N–H and O–H groups in total. The van der Waals surface area contributed by atoms with Crippen LogP contribution in [0.4, 0.5) is 5.69 Å². The quantitative estimate of drug-likeness (QED) is 0.0901. The molecule has 244 valence electrons. The Morgan fingerprint density at radius 3 is 2.04 bits per heavy atom. The van der Waals surface area contributed by atoms with Gasteiger partial charge in [0.15, 0.2) is 0 Å². The second kappa shape index (κ2) is 18.2. The Labute approximate surface area is 264 Å². The van der Waals surface area contributed by atoms with Crippen LogP contribution in [0.25, 0.3) is 0 Å². The van der Waals surface area contributed by atoms with Crippen molar-refractivity contribution in [3.63, 3.8) is 0 Å². The van der Waals surface area contributed by atoms with Gasteiger partial charge >= 0.3 is 0 Å². The molecule has 45 heavy (non-hydrogen) atoms. The molecule has 4 atom stereocenters. The van der Waals surface area contributed by atoms with Crippen LogP contribution in [0.2, 0.25) is 0 Å². The maximum atomic E-state index is 13.1. The van der Waals surface area contributed by atoms with Crippen molar-refractivity contribution in [3.8, 4) is 5.75 Å². The monoisotopic (exact) mass is 645 g/mol. The molecule has 0 heterocycles. The molecule has 2 aromatic carbocycles. The first-order valence-corrected chi connectivity index (χ1v) is 15.3. The van der Waals surface area contributed by atoms with Gasteiger partial charge in [0.25, 0.3) is 5.69 Å². The minimum Gasteiger partial charge on any atom is -0.497 e. The highest BCUT2D eigenvalue weighted by Gasteiger charge is 2.27. The first-order chi connectivity index (χ1) is 21.3. The van der Waals surface area contributed by atoms with Gasteiger partial charge in [-0.1, -0.05) is 24.3 Å². The molecule has 2 aromatic rings. The Morgan fingerprint density at radius 2 is 1.49 bits per heavy atom. The van der Waals surface area contributed by atoms with Crippen LogP contribution in [0.1, 0.15) is 24.5 Å². The third kappa shape index (κ3) is 12.4. The fourth-order valence-electron chi connectivity index (χ4n) is 4.05. The molecular formula is C29H39N7O8S.